The summed E-state index contributed by atoms with van der Waals surface area (Å²) in [4.78, 5) is 31.7. The van der Waals surface area contributed by atoms with Crippen molar-refractivity contribution in [1.82, 2.24) is 19.6 Å². The number of alkyl halides is 3. The number of ether oxygens (including phenoxy) is 3. The molecule has 3 heterocycles. The van der Waals surface area contributed by atoms with Crippen LogP contribution in [0.4, 0.5) is 18.9 Å². The van der Waals surface area contributed by atoms with Gasteiger partial charge in [0.25, 0.3) is 17.5 Å². The fourth-order valence-corrected chi connectivity index (χ4v) is 3.45. The van der Waals surface area contributed by atoms with Crippen molar-refractivity contribution in [1.29, 1.82) is 0 Å². The monoisotopic (exact) mass is 479 g/mol. The maximum Gasteiger partial charge on any atom is 0.453 e. The van der Waals surface area contributed by atoms with Crippen LogP contribution in [0.3, 0.4) is 0 Å². The first-order chi connectivity index (χ1) is 16.1. The largest absolute Gasteiger partial charge is 0.486 e. The van der Waals surface area contributed by atoms with Crippen LogP contribution in [0.15, 0.2) is 18.2 Å². The Kier molecular flexibility index (Phi) is 6.26. The average Bonchev–Trinajstić information content (AvgIpc) is 3.22. The summed E-state index contributed by atoms with van der Waals surface area (Å²) in [5, 5.41) is 6.07. The first kappa shape index (κ1) is 23.3. The highest BCUT2D eigenvalue weighted by molar-refractivity contribution is 5.93. The molecule has 180 valence electrons. The van der Waals surface area contributed by atoms with Crippen molar-refractivity contribution >= 4 is 23.3 Å². The Hall–Kier alpha value is -3.90. The lowest BCUT2D eigenvalue weighted by molar-refractivity contribution is -0.147. The molecule has 0 saturated carbocycles. The van der Waals surface area contributed by atoms with E-state index < -0.39 is 30.5 Å². The Morgan fingerprint density at radius 2 is 1.88 bits per heavy atom. The van der Waals surface area contributed by atoms with Gasteiger partial charge in [-0.15, -0.1) is 5.10 Å². The standard InChI is InChI=1S/C21H20F3N5O5/c1-11-14(12(2)29-20(25-11)27-19(28-29)21(22,23)24)4-6-18(31)34-10-17(30)26-13-3-5-15-16(9-13)33-8-7-32-15/h3,5,9H,4,6-8,10H2,1-2H3,(H,26,30). The highest BCUT2D eigenvalue weighted by atomic mass is 19.4. The smallest absolute Gasteiger partial charge is 0.453 e. The lowest BCUT2D eigenvalue weighted by atomic mass is 10.1. The van der Waals surface area contributed by atoms with Crippen molar-refractivity contribution in [2.45, 2.75) is 32.9 Å². The molecule has 0 saturated heterocycles. The van der Waals surface area contributed by atoms with Gasteiger partial charge in [0.1, 0.15) is 13.2 Å². The molecule has 0 bridgehead atoms. The molecule has 0 atom stereocenters. The van der Waals surface area contributed by atoms with E-state index in [0.717, 1.165) is 4.52 Å². The Morgan fingerprint density at radius 1 is 1.15 bits per heavy atom. The molecule has 1 aromatic carbocycles. The SMILES string of the molecule is Cc1nc2nc(C(F)(F)F)nn2c(C)c1CCC(=O)OCC(=O)Nc1ccc2c(c1)OCCO2. The van der Waals surface area contributed by atoms with E-state index in [0.29, 0.717) is 47.4 Å². The summed E-state index contributed by atoms with van der Waals surface area (Å²) in [7, 11) is 0. The molecule has 2 aromatic heterocycles. The van der Waals surface area contributed by atoms with Crippen molar-refractivity contribution in [3.05, 3.63) is 41.0 Å². The van der Waals surface area contributed by atoms with E-state index in [4.69, 9.17) is 14.2 Å². The molecule has 0 radical (unpaired) electrons. The average molecular weight is 479 g/mol. The number of hydrogen-bond acceptors (Lipinski definition) is 8. The summed E-state index contributed by atoms with van der Waals surface area (Å²) in [6, 6.07) is 4.91. The number of nitrogens with zero attached hydrogens (tertiary/aromatic N) is 4. The van der Waals surface area contributed by atoms with Crippen LogP contribution in [-0.4, -0.2) is 51.3 Å². The van der Waals surface area contributed by atoms with E-state index in [1.165, 1.54) is 0 Å². The molecule has 1 amide bonds. The fourth-order valence-electron chi connectivity index (χ4n) is 3.45. The quantitative estimate of drug-likeness (QED) is 0.537. The number of nitrogens with one attached hydrogen (secondary N) is 1. The van der Waals surface area contributed by atoms with E-state index in [1.54, 1.807) is 32.0 Å². The Balaban J connectivity index is 1.32. The topological polar surface area (TPSA) is 117 Å². The van der Waals surface area contributed by atoms with Gasteiger partial charge in [-0.2, -0.15) is 18.2 Å². The van der Waals surface area contributed by atoms with Crippen LogP contribution in [0.1, 0.15) is 29.2 Å². The number of rotatable bonds is 6. The van der Waals surface area contributed by atoms with Gasteiger partial charge in [-0.25, -0.2) is 9.50 Å². The summed E-state index contributed by atoms with van der Waals surface area (Å²) in [5.41, 5.74) is 1.82. The number of carbonyl (C=O) groups excluding carboxylic acids is 2. The van der Waals surface area contributed by atoms with Crippen molar-refractivity contribution in [3.8, 4) is 11.5 Å². The van der Waals surface area contributed by atoms with Crippen molar-refractivity contribution in [3.63, 3.8) is 0 Å². The normalized spacial score (nSPS) is 13.1. The number of carbonyl (C=O) groups is 2. The van der Waals surface area contributed by atoms with E-state index >= 15 is 0 Å². The number of halogens is 3. The van der Waals surface area contributed by atoms with Crippen LogP contribution in [-0.2, 0) is 26.9 Å². The minimum Gasteiger partial charge on any atom is -0.486 e. The fraction of sp³-hybridized carbons (Fsp3) is 0.381. The van der Waals surface area contributed by atoms with Gasteiger partial charge in [0.05, 0.1) is 0 Å². The predicted octanol–water partition coefficient (Wildman–Crippen LogP) is 2.65. The zero-order chi connectivity index (χ0) is 24.5. The lowest BCUT2D eigenvalue weighted by Crippen LogP contribution is -2.21. The van der Waals surface area contributed by atoms with Gasteiger partial charge in [0.2, 0.25) is 0 Å². The molecule has 1 N–H and O–H groups in total. The molecular weight excluding hydrogens is 459 g/mol. The first-order valence-electron chi connectivity index (χ1n) is 10.3. The number of fused-ring (bicyclic) bond motifs is 2. The third-order valence-corrected chi connectivity index (χ3v) is 5.07. The summed E-state index contributed by atoms with van der Waals surface area (Å²) in [5.74, 6) is -1.57. The number of aryl methyl sites for hydroxylation is 2. The number of amides is 1. The van der Waals surface area contributed by atoms with Crippen molar-refractivity contribution in [2.24, 2.45) is 0 Å². The molecule has 1 aliphatic rings. The van der Waals surface area contributed by atoms with Gasteiger partial charge in [-0.05, 0) is 38.0 Å². The first-order valence-corrected chi connectivity index (χ1v) is 10.3. The molecule has 0 spiro atoms. The van der Waals surface area contributed by atoms with Gasteiger partial charge < -0.3 is 19.5 Å². The Labute approximate surface area is 191 Å². The lowest BCUT2D eigenvalue weighted by Gasteiger charge is -2.19. The van der Waals surface area contributed by atoms with Gasteiger partial charge in [0, 0.05) is 29.6 Å². The number of esters is 1. The van der Waals surface area contributed by atoms with Crippen LogP contribution in [0.2, 0.25) is 0 Å². The Morgan fingerprint density at radius 3 is 2.62 bits per heavy atom. The predicted molar refractivity (Wildman–Crippen MR) is 111 cm³/mol. The summed E-state index contributed by atoms with van der Waals surface area (Å²) >= 11 is 0. The van der Waals surface area contributed by atoms with E-state index in [9.17, 15) is 22.8 Å². The highest BCUT2D eigenvalue weighted by Crippen LogP contribution is 2.32. The molecule has 4 rings (SSSR count). The second-order valence-electron chi connectivity index (χ2n) is 7.47. The van der Waals surface area contributed by atoms with Crippen molar-refractivity contribution < 1.29 is 37.0 Å². The summed E-state index contributed by atoms with van der Waals surface area (Å²) < 4.78 is 55.6. The van der Waals surface area contributed by atoms with Gasteiger partial charge in [-0.1, -0.05) is 0 Å². The second kappa shape index (κ2) is 9.15. The van der Waals surface area contributed by atoms with E-state index in [2.05, 4.69) is 20.4 Å². The molecule has 1 aliphatic heterocycles. The minimum atomic E-state index is -4.70. The highest BCUT2D eigenvalue weighted by Gasteiger charge is 2.37. The molecule has 0 fully saturated rings. The zero-order valence-electron chi connectivity index (χ0n) is 18.2. The van der Waals surface area contributed by atoms with Crippen LogP contribution >= 0.6 is 0 Å². The third-order valence-electron chi connectivity index (χ3n) is 5.07. The molecular formula is C21H20F3N5O5. The van der Waals surface area contributed by atoms with E-state index in [1.807, 2.05) is 0 Å². The summed E-state index contributed by atoms with van der Waals surface area (Å²) in [6.07, 6.45) is -4.66. The Bertz CT molecular complexity index is 1260. The maximum absolute atomic E-state index is 12.9. The second-order valence-corrected chi connectivity index (χ2v) is 7.47. The van der Waals surface area contributed by atoms with Crippen LogP contribution in [0.25, 0.3) is 5.78 Å². The maximum atomic E-state index is 12.9. The zero-order valence-corrected chi connectivity index (χ0v) is 18.2. The number of benzene rings is 1. The van der Waals surface area contributed by atoms with Crippen LogP contribution < -0.4 is 14.8 Å². The molecule has 34 heavy (non-hydrogen) atoms. The molecule has 13 heteroatoms. The third kappa shape index (κ3) is 5.02. The van der Waals surface area contributed by atoms with Gasteiger partial charge in [-0.3, -0.25) is 9.59 Å². The molecule has 0 unspecified atom stereocenters. The van der Waals surface area contributed by atoms with Gasteiger partial charge in [0.15, 0.2) is 18.1 Å². The van der Waals surface area contributed by atoms with E-state index in [-0.39, 0.29) is 18.6 Å². The molecule has 3 aromatic rings. The molecule has 0 aliphatic carbocycles. The minimum absolute atomic E-state index is 0.104. The van der Waals surface area contributed by atoms with Crippen LogP contribution in [0.5, 0.6) is 11.5 Å². The van der Waals surface area contributed by atoms with Crippen molar-refractivity contribution in [2.75, 3.05) is 25.1 Å². The number of aromatic nitrogens is 4. The number of anilines is 1. The summed E-state index contributed by atoms with van der Waals surface area (Å²) in [6.45, 7) is 3.53. The number of hydrogen-bond donors (Lipinski definition) is 1. The van der Waals surface area contributed by atoms with Gasteiger partial charge >= 0.3 is 12.1 Å². The van der Waals surface area contributed by atoms with Crippen LogP contribution in [0, 0.1) is 13.8 Å². The molecule has 10 nitrogen and oxygen atoms in total.